The molecule has 1 unspecified atom stereocenters. The SMILES string of the molecule is Cc1ccccc1C(=O)NCC1CCCN1C(=O)OCC(F)(F)F. The Kier molecular flexibility index (Phi) is 5.69. The smallest absolute Gasteiger partial charge is 0.422 e. The maximum atomic E-state index is 12.2. The first-order valence-corrected chi connectivity index (χ1v) is 7.62. The molecule has 1 fully saturated rings. The van der Waals surface area contributed by atoms with Crippen LogP contribution in [0.5, 0.6) is 0 Å². The Morgan fingerprint density at radius 2 is 2.04 bits per heavy atom. The topological polar surface area (TPSA) is 58.6 Å². The number of carbonyl (C=O) groups excluding carboxylic acids is 2. The average Bonchev–Trinajstić information content (AvgIpc) is 2.98. The van der Waals surface area contributed by atoms with E-state index >= 15 is 0 Å². The minimum Gasteiger partial charge on any atom is -0.440 e. The lowest BCUT2D eigenvalue weighted by Crippen LogP contribution is -2.44. The molecular formula is C16H19F3N2O3. The van der Waals surface area contributed by atoms with E-state index in [0.29, 0.717) is 24.9 Å². The number of hydrogen-bond donors (Lipinski definition) is 1. The Balaban J connectivity index is 1.88. The first-order valence-electron chi connectivity index (χ1n) is 7.62. The highest BCUT2D eigenvalue weighted by Gasteiger charge is 2.34. The van der Waals surface area contributed by atoms with Crippen LogP contribution in [0.25, 0.3) is 0 Å². The molecule has 0 radical (unpaired) electrons. The number of carbonyl (C=O) groups is 2. The summed E-state index contributed by atoms with van der Waals surface area (Å²) in [6.45, 7) is 0.700. The standard InChI is InChI=1S/C16H19F3N2O3/c1-11-5-2-3-7-13(11)14(22)20-9-12-6-4-8-21(12)15(23)24-10-16(17,18)19/h2-3,5,7,12H,4,6,8-10H2,1H3,(H,20,22). The van der Waals surface area contributed by atoms with Crippen molar-refractivity contribution in [3.05, 3.63) is 35.4 Å². The molecule has 1 aromatic carbocycles. The molecule has 0 spiro atoms. The number of nitrogens with zero attached hydrogens (tertiary/aromatic N) is 1. The molecule has 8 heteroatoms. The van der Waals surface area contributed by atoms with Gasteiger partial charge in [0, 0.05) is 18.7 Å². The summed E-state index contributed by atoms with van der Waals surface area (Å²) in [5, 5.41) is 2.73. The van der Waals surface area contributed by atoms with E-state index in [1.807, 2.05) is 19.1 Å². The normalized spacial score (nSPS) is 17.7. The zero-order chi connectivity index (χ0) is 17.7. The van der Waals surface area contributed by atoms with Gasteiger partial charge in [-0.2, -0.15) is 13.2 Å². The van der Waals surface area contributed by atoms with Gasteiger partial charge < -0.3 is 15.0 Å². The minimum absolute atomic E-state index is 0.175. The van der Waals surface area contributed by atoms with Crippen molar-refractivity contribution in [2.75, 3.05) is 19.7 Å². The molecular weight excluding hydrogens is 325 g/mol. The van der Waals surface area contributed by atoms with Gasteiger partial charge in [0.15, 0.2) is 6.61 Å². The van der Waals surface area contributed by atoms with Gasteiger partial charge in [0.1, 0.15) is 0 Å². The third-order valence-electron chi connectivity index (χ3n) is 3.86. The van der Waals surface area contributed by atoms with E-state index in [1.54, 1.807) is 12.1 Å². The number of alkyl halides is 3. The van der Waals surface area contributed by atoms with Crippen LogP contribution in [0.4, 0.5) is 18.0 Å². The second-order valence-corrected chi connectivity index (χ2v) is 5.68. The largest absolute Gasteiger partial charge is 0.440 e. The summed E-state index contributed by atoms with van der Waals surface area (Å²) in [5.41, 5.74) is 1.35. The van der Waals surface area contributed by atoms with Crippen molar-refractivity contribution in [3.8, 4) is 0 Å². The summed E-state index contributed by atoms with van der Waals surface area (Å²) in [7, 11) is 0. The van der Waals surface area contributed by atoms with Gasteiger partial charge in [0.05, 0.1) is 6.04 Å². The molecule has 1 aliphatic heterocycles. The number of hydrogen-bond acceptors (Lipinski definition) is 3. The first-order chi connectivity index (χ1) is 11.3. The van der Waals surface area contributed by atoms with Gasteiger partial charge in [-0.1, -0.05) is 18.2 Å². The lowest BCUT2D eigenvalue weighted by Gasteiger charge is -2.24. The monoisotopic (exact) mass is 344 g/mol. The molecule has 132 valence electrons. The Morgan fingerprint density at radius 3 is 2.71 bits per heavy atom. The van der Waals surface area contributed by atoms with E-state index in [4.69, 9.17) is 0 Å². The molecule has 0 aromatic heterocycles. The van der Waals surface area contributed by atoms with E-state index in [-0.39, 0.29) is 18.5 Å². The average molecular weight is 344 g/mol. The van der Waals surface area contributed by atoms with Crippen molar-refractivity contribution in [3.63, 3.8) is 0 Å². The van der Waals surface area contributed by atoms with Crippen LogP contribution in [0, 0.1) is 6.92 Å². The molecule has 0 bridgehead atoms. The van der Waals surface area contributed by atoms with Gasteiger partial charge >= 0.3 is 12.3 Å². The fourth-order valence-corrected chi connectivity index (χ4v) is 2.65. The van der Waals surface area contributed by atoms with Gasteiger partial charge in [0.2, 0.25) is 0 Å². The summed E-state index contributed by atoms with van der Waals surface area (Å²) < 4.78 is 40.7. The highest BCUT2D eigenvalue weighted by Crippen LogP contribution is 2.20. The van der Waals surface area contributed by atoms with Gasteiger partial charge in [-0.3, -0.25) is 4.79 Å². The Morgan fingerprint density at radius 1 is 1.33 bits per heavy atom. The fourth-order valence-electron chi connectivity index (χ4n) is 2.65. The molecule has 1 heterocycles. The van der Waals surface area contributed by atoms with E-state index in [2.05, 4.69) is 10.1 Å². The number of rotatable bonds is 4. The van der Waals surface area contributed by atoms with Crippen LogP contribution in [0.3, 0.4) is 0 Å². The van der Waals surface area contributed by atoms with E-state index < -0.39 is 18.9 Å². The Labute approximate surface area is 137 Å². The van der Waals surface area contributed by atoms with Gasteiger partial charge in [-0.05, 0) is 31.4 Å². The van der Waals surface area contributed by atoms with Crippen molar-refractivity contribution in [1.29, 1.82) is 0 Å². The maximum Gasteiger partial charge on any atom is 0.422 e. The van der Waals surface area contributed by atoms with E-state index in [0.717, 1.165) is 5.56 Å². The molecule has 5 nitrogen and oxygen atoms in total. The van der Waals surface area contributed by atoms with Crippen LogP contribution in [-0.2, 0) is 4.74 Å². The lowest BCUT2D eigenvalue weighted by molar-refractivity contribution is -0.162. The lowest BCUT2D eigenvalue weighted by atomic mass is 10.1. The maximum absolute atomic E-state index is 12.2. The third kappa shape index (κ3) is 4.87. The van der Waals surface area contributed by atoms with Crippen LogP contribution >= 0.6 is 0 Å². The predicted molar refractivity (Wildman–Crippen MR) is 80.6 cm³/mol. The summed E-state index contributed by atoms with van der Waals surface area (Å²) in [4.78, 5) is 25.2. The molecule has 0 aliphatic carbocycles. The molecule has 1 N–H and O–H groups in total. The molecule has 24 heavy (non-hydrogen) atoms. The zero-order valence-corrected chi connectivity index (χ0v) is 13.2. The zero-order valence-electron chi connectivity index (χ0n) is 13.2. The van der Waals surface area contributed by atoms with Gasteiger partial charge in [-0.25, -0.2) is 4.79 Å². The van der Waals surface area contributed by atoms with Crippen LogP contribution in [0.1, 0.15) is 28.8 Å². The summed E-state index contributed by atoms with van der Waals surface area (Å²) in [6.07, 6.45) is -4.29. The molecule has 0 saturated carbocycles. The summed E-state index contributed by atoms with van der Waals surface area (Å²) in [6, 6.07) is 6.71. The highest BCUT2D eigenvalue weighted by molar-refractivity contribution is 5.95. The van der Waals surface area contributed by atoms with Crippen molar-refractivity contribution in [2.24, 2.45) is 0 Å². The molecule has 1 atom stereocenters. The van der Waals surface area contributed by atoms with Crippen molar-refractivity contribution in [2.45, 2.75) is 32.0 Å². The fraction of sp³-hybridized carbons (Fsp3) is 0.500. The summed E-state index contributed by atoms with van der Waals surface area (Å²) >= 11 is 0. The van der Waals surface area contributed by atoms with E-state index in [9.17, 15) is 22.8 Å². The number of benzene rings is 1. The second kappa shape index (κ2) is 7.55. The number of nitrogens with one attached hydrogen (secondary N) is 1. The molecule has 1 aromatic rings. The molecule has 1 saturated heterocycles. The molecule has 2 amide bonds. The molecule has 1 aliphatic rings. The van der Waals surface area contributed by atoms with Crippen LogP contribution < -0.4 is 5.32 Å². The number of likely N-dealkylation sites (tertiary alicyclic amines) is 1. The Hall–Kier alpha value is -2.25. The van der Waals surface area contributed by atoms with Gasteiger partial charge in [0.25, 0.3) is 5.91 Å². The van der Waals surface area contributed by atoms with Crippen LogP contribution in [0.2, 0.25) is 0 Å². The number of halogens is 3. The highest BCUT2D eigenvalue weighted by atomic mass is 19.4. The number of amides is 2. The van der Waals surface area contributed by atoms with Crippen molar-refractivity contribution in [1.82, 2.24) is 10.2 Å². The third-order valence-corrected chi connectivity index (χ3v) is 3.86. The minimum atomic E-state index is -4.55. The van der Waals surface area contributed by atoms with Gasteiger partial charge in [-0.15, -0.1) is 0 Å². The van der Waals surface area contributed by atoms with E-state index in [1.165, 1.54) is 4.90 Å². The number of aryl methyl sites for hydroxylation is 1. The van der Waals surface area contributed by atoms with Crippen LogP contribution in [-0.4, -0.2) is 48.8 Å². The Bertz CT molecular complexity index is 604. The predicted octanol–water partition coefficient (Wildman–Crippen LogP) is 2.89. The second-order valence-electron chi connectivity index (χ2n) is 5.68. The first kappa shape index (κ1) is 18.1. The van der Waals surface area contributed by atoms with Crippen molar-refractivity contribution >= 4 is 12.0 Å². The van der Waals surface area contributed by atoms with Crippen molar-refractivity contribution < 1.29 is 27.5 Å². The molecule has 2 rings (SSSR count). The van der Waals surface area contributed by atoms with Crippen LogP contribution in [0.15, 0.2) is 24.3 Å². The number of ether oxygens (including phenoxy) is 1. The quantitative estimate of drug-likeness (QED) is 0.914. The summed E-state index contributed by atoms with van der Waals surface area (Å²) in [5.74, 6) is -0.274.